The van der Waals surface area contributed by atoms with Gasteiger partial charge < -0.3 is 16.0 Å². The van der Waals surface area contributed by atoms with Crippen molar-refractivity contribution >= 4 is 0 Å². The van der Waals surface area contributed by atoms with E-state index in [1.165, 1.54) is 19.3 Å². The second kappa shape index (κ2) is 5.28. The maximum atomic E-state index is 5.93. The molecule has 4 nitrogen and oxygen atoms in total. The molecule has 2 rings (SSSR count). The highest BCUT2D eigenvalue weighted by Crippen LogP contribution is 2.16. The predicted molar refractivity (Wildman–Crippen MR) is 60.5 cm³/mol. The smallest absolute Gasteiger partial charge is 0.107 e. The van der Waals surface area contributed by atoms with Crippen molar-refractivity contribution in [1.82, 2.24) is 15.3 Å². The van der Waals surface area contributed by atoms with E-state index in [-0.39, 0.29) is 0 Å². The number of rotatable bonds is 4. The van der Waals surface area contributed by atoms with Crippen LogP contribution in [0.3, 0.4) is 0 Å². The van der Waals surface area contributed by atoms with E-state index in [0.717, 1.165) is 25.2 Å². The standard InChI is InChI=1S/C11H20N4/c12-9-2-1-3-10(8-9)13-5-4-11-14-6-7-15-11/h6-7,9-10,13H,1-5,8,12H2,(H,14,15). The van der Waals surface area contributed by atoms with Gasteiger partial charge in [-0.2, -0.15) is 0 Å². The van der Waals surface area contributed by atoms with Crippen molar-refractivity contribution in [2.75, 3.05) is 6.54 Å². The number of nitrogens with one attached hydrogen (secondary N) is 2. The van der Waals surface area contributed by atoms with Crippen LogP contribution in [0.25, 0.3) is 0 Å². The highest BCUT2D eigenvalue weighted by atomic mass is 14.9. The molecule has 1 aromatic heterocycles. The van der Waals surface area contributed by atoms with Crippen molar-refractivity contribution in [3.63, 3.8) is 0 Å². The number of hydrogen-bond donors (Lipinski definition) is 3. The van der Waals surface area contributed by atoms with Gasteiger partial charge in [0.05, 0.1) is 0 Å². The Kier molecular flexibility index (Phi) is 3.75. The number of aromatic amines is 1. The van der Waals surface area contributed by atoms with Gasteiger partial charge in [0.25, 0.3) is 0 Å². The molecule has 2 unspecified atom stereocenters. The third-order valence-corrected chi connectivity index (χ3v) is 3.06. The monoisotopic (exact) mass is 208 g/mol. The van der Waals surface area contributed by atoms with Crippen LogP contribution in [0.1, 0.15) is 31.5 Å². The largest absolute Gasteiger partial charge is 0.349 e. The highest BCUT2D eigenvalue weighted by molar-refractivity contribution is 4.88. The number of nitrogens with two attached hydrogens (primary N) is 1. The molecule has 1 aromatic rings. The van der Waals surface area contributed by atoms with E-state index in [9.17, 15) is 0 Å². The van der Waals surface area contributed by atoms with Gasteiger partial charge in [-0.25, -0.2) is 4.98 Å². The van der Waals surface area contributed by atoms with Gasteiger partial charge in [-0.05, 0) is 19.3 Å². The number of imidazole rings is 1. The van der Waals surface area contributed by atoms with Gasteiger partial charge in [0.15, 0.2) is 0 Å². The molecule has 1 fully saturated rings. The normalized spacial score (nSPS) is 26.7. The van der Waals surface area contributed by atoms with Crippen LogP contribution in [0, 0.1) is 0 Å². The summed E-state index contributed by atoms with van der Waals surface area (Å²) < 4.78 is 0. The van der Waals surface area contributed by atoms with E-state index in [1.807, 2.05) is 6.20 Å². The molecule has 15 heavy (non-hydrogen) atoms. The third kappa shape index (κ3) is 3.32. The van der Waals surface area contributed by atoms with Crippen LogP contribution in [0.4, 0.5) is 0 Å². The summed E-state index contributed by atoms with van der Waals surface area (Å²) >= 11 is 0. The van der Waals surface area contributed by atoms with E-state index in [0.29, 0.717) is 12.1 Å². The molecule has 1 saturated carbocycles. The van der Waals surface area contributed by atoms with Gasteiger partial charge in [-0.3, -0.25) is 0 Å². The Morgan fingerprint density at radius 1 is 1.53 bits per heavy atom. The predicted octanol–water partition coefficient (Wildman–Crippen LogP) is 0.812. The molecule has 0 radical (unpaired) electrons. The zero-order valence-electron chi connectivity index (χ0n) is 9.08. The average molecular weight is 208 g/mol. The van der Waals surface area contributed by atoms with Gasteiger partial charge >= 0.3 is 0 Å². The molecule has 0 saturated heterocycles. The zero-order valence-corrected chi connectivity index (χ0v) is 9.08. The maximum Gasteiger partial charge on any atom is 0.107 e. The Morgan fingerprint density at radius 2 is 2.47 bits per heavy atom. The van der Waals surface area contributed by atoms with Gasteiger partial charge in [0.1, 0.15) is 5.82 Å². The first-order chi connectivity index (χ1) is 7.34. The number of nitrogens with zero attached hydrogens (tertiary/aromatic N) is 1. The SMILES string of the molecule is NC1CCCC(NCCc2ncc[nH]2)C1. The van der Waals surface area contributed by atoms with Crippen molar-refractivity contribution in [1.29, 1.82) is 0 Å². The topological polar surface area (TPSA) is 66.7 Å². The maximum absolute atomic E-state index is 5.93. The van der Waals surface area contributed by atoms with E-state index in [1.54, 1.807) is 6.20 Å². The van der Waals surface area contributed by atoms with Crippen LogP contribution in [0.2, 0.25) is 0 Å². The molecule has 84 valence electrons. The average Bonchev–Trinajstić information content (AvgIpc) is 2.71. The molecule has 2 atom stereocenters. The van der Waals surface area contributed by atoms with Crippen LogP contribution >= 0.6 is 0 Å². The van der Waals surface area contributed by atoms with Gasteiger partial charge in [0.2, 0.25) is 0 Å². The second-order valence-corrected chi connectivity index (χ2v) is 4.36. The first-order valence-corrected chi connectivity index (χ1v) is 5.82. The lowest BCUT2D eigenvalue weighted by Crippen LogP contribution is -2.40. The van der Waals surface area contributed by atoms with Gasteiger partial charge in [0, 0.05) is 37.4 Å². The van der Waals surface area contributed by atoms with Crippen molar-refractivity contribution in [2.24, 2.45) is 5.73 Å². The number of hydrogen-bond acceptors (Lipinski definition) is 3. The molecule has 0 bridgehead atoms. The summed E-state index contributed by atoms with van der Waals surface area (Å²) in [4.78, 5) is 7.30. The van der Waals surface area contributed by atoms with Crippen LogP contribution < -0.4 is 11.1 Å². The van der Waals surface area contributed by atoms with Crippen LogP contribution in [0.5, 0.6) is 0 Å². The summed E-state index contributed by atoms with van der Waals surface area (Å²) in [6, 6.07) is 1.02. The minimum absolute atomic E-state index is 0.403. The molecule has 1 aliphatic carbocycles. The minimum atomic E-state index is 0.403. The third-order valence-electron chi connectivity index (χ3n) is 3.06. The summed E-state index contributed by atoms with van der Waals surface area (Å²) in [6.45, 7) is 0.991. The van der Waals surface area contributed by atoms with Gasteiger partial charge in [-0.1, -0.05) is 6.42 Å². The lowest BCUT2D eigenvalue weighted by Gasteiger charge is -2.27. The lowest BCUT2D eigenvalue weighted by atomic mass is 9.91. The molecule has 0 aliphatic heterocycles. The summed E-state index contributed by atoms with van der Waals surface area (Å²) in [5, 5.41) is 3.55. The van der Waals surface area contributed by atoms with E-state index < -0.39 is 0 Å². The number of aromatic nitrogens is 2. The van der Waals surface area contributed by atoms with E-state index in [4.69, 9.17) is 5.73 Å². The molecule has 4 heteroatoms. The minimum Gasteiger partial charge on any atom is -0.349 e. The summed E-state index contributed by atoms with van der Waals surface area (Å²) in [7, 11) is 0. The Bertz CT molecular complexity index is 270. The molecular formula is C11H20N4. The summed E-state index contributed by atoms with van der Waals surface area (Å²) in [5.41, 5.74) is 5.93. The molecule has 0 amide bonds. The van der Waals surface area contributed by atoms with E-state index in [2.05, 4.69) is 15.3 Å². The van der Waals surface area contributed by atoms with Crippen molar-refractivity contribution in [2.45, 2.75) is 44.2 Å². The fourth-order valence-electron chi connectivity index (χ4n) is 2.24. The molecule has 0 aromatic carbocycles. The second-order valence-electron chi connectivity index (χ2n) is 4.36. The summed E-state index contributed by atoms with van der Waals surface area (Å²) in [6.07, 6.45) is 9.48. The van der Waals surface area contributed by atoms with Crippen LogP contribution in [0.15, 0.2) is 12.4 Å². The van der Waals surface area contributed by atoms with Crippen LogP contribution in [-0.2, 0) is 6.42 Å². The highest BCUT2D eigenvalue weighted by Gasteiger charge is 2.18. The van der Waals surface area contributed by atoms with Crippen LogP contribution in [-0.4, -0.2) is 28.6 Å². The van der Waals surface area contributed by atoms with Crippen molar-refractivity contribution in [3.8, 4) is 0 Å². The quantitative estimate of drug-likeness (QED) is 0.686. The van der Waals surface area contributed by atoms with Crippen molar-refractivity contribution in [3.05, 3.63) is 18.2 Å². The molecular weight excluding hydrogens is 188 g/mol. The Labute approximate surface area is 90.7 Å². The molecule has 1 heterocycles. The first kappa shape index (κ1) is 10.6. The molecule has 4 N–H and O–H groups in total. The first-order valence-electron chi connectivity index (χ1n) is 5.82. The fourth-order valence-corrected chi connectivity index (χ4v) is 2.24. The lowest BCUT2D eigenvalue weighted by molar-refractivity contribution is 0.341. The molecule has 0 spiro atoms. The Hall–Kier alpha value is -0.870. The fraction of sp³-hybridized carbons (Fsp3) is 0.727. The number of H-pyrrole nitrogens is 1. The zero-order chi connectivity index (χ0) is 10.5. The van der Waals surface area contributed by atoms with Crippen molar-refractivity contribution < 1.29 is 0 Å². The Balaban J connectivity index is 1.65. The van der Waals surface area contributed by atoms with Gasteiger partial charge in [-0.15, -0.1) is 0 Å². The molecule has 1 aliphatic rings. The summed E-state index contributed by atoms with van der Waals surface area (Å²) in [5.74, 6) is 1.06. The van der Waals surface area contributed by atoms with E-state index >= 15 is 0 Å². The Morgan fingerprint density at radius 3 is 3.20 bits per heavy atom.